The third-order valence-corrected chi connectivity index (χ3v) is 4.73. The maximum atomic E-state index is 15.0. The van der Waals surface area contributed by atoms with E-state index in [1.165, 1.54) is 26.0 Å². The molecule has 1 atom stereocenters. The molecular weight excluding hydrogens is 399 g/mol. The number of carbonyl (C=O) groups excluding carboxylic acids is 1. The molecule has 0 aliphatic heterocycles. The highest BCUT2D eigenvalue weighted by molar-refractivity contribution is 5.89. The van der Waals surface area contributed by atoms with Crippen LogP contribution in [0.1, 0.15) is 41.0 Å². The lowest BCUT2D eigenvalue weighted by Crippen LogP contribution is -2.43. The first-order valence-electron chi connectivity index (χ1n) is 8.82. The lowest BCUT2D eigenvalue weighted by molar-refractivity contribution is -0.148. The van der Waals surface area contributed by atoms with E-state index in [9.17, 15) is 22.8 Å². The highest BCUT2D eigenvalue weighted by Crippen LogP contribution is 2.32. The molecule has 0 spiro atoms. The number of alkyl halides is 2. The topological polar surface area (TPSA) is 112 Å². The number of aromatic nitrogens is 3. The Hall–Kier alpha value is -3.74. The van der Waals surface area contributed by atoms with Gasteiger partial charge in [0, 0.05) is 10.9 Å². The predicted molar refractivity (Wildman–Crippen MR) is 101 cm³/mol. The monoisotopic (exact) mass is 415 g/mol. The first-order chi connectivity index (χ1) is 14.1. The molecule has 2 N–H and O–H groups in total. The standard InChI is InChI=1S/C20H16F3N5O2/c1-9-6-13(8-24)27-28-17(9)11(3)25-19(30)20(22,23)16-10(2)14-7-12(21)4-5-15(14)26-18(16)29/h4-7,11H,1-3H3,(H,25,30)(H,26,29)/t11-/m0/s1. The summed E-state index contributed by atoms with van der Waals surface area (Å²) < 4.78 is 43.5. The number of halogens is 3. The summed E-state index contributed by atoms with van der Waals surface area (Å²) in [5.41, 5.74) is -1.50. The number of nitriles is 1. The molecule has 1 amide bonds. The summed E-state index contributed by atoms with van der Waals surface area (Å²) >= 11 is 0. The molecule has 1 aromatic carbocycles. The molecule has 0 saturated carbocycles. The van der Waals surface area contributed by atoms with Crippen LogP contribution < -0.4 is 10.9 Å². The number of aromatic amines is 1. The van der Waals surface area contributed by atoms with Crippen molar-refractivity contribution in [3.05, 3.63) is 68.5 Å². The van der Waals surface area contributed by atoms with Crippen LogP contribution in [0.2, 0.25) is 0 Å². The zero-order valence-corrected chi connectivity index (χ0v) is 16.2. The van der Waals surface area contributed by atoms with Gasteiger partial charge in [-0.05, 0) is 56.2 Å². The molecule has 2 heterocycles. The highest BCUT2D eigenvalue weighted by atomic mass is 19.3. The maximum Gasteiger partial charge on any atom is 0.355 e. The van der Waals surface area contributed by atoms with Crippen molar-refractivity contribution in [2.75, 3.05) is 0 Å². The molecule has 0 saturated heterocycles. The van der Waals surface area contributed by atoms with Crippen LogP contribution in [0.3, 0.4) is 0 Å². The van der Waals surface area contributed by atoms with Gasteiger partial charge in [0.15, 0.2) is 5.69 Å². The number of fused-ring (bicyclic) bond motifs is 1. The second kappa shape index (κ2) is 7.59. The van der Waals surface area contributed by atoms with Gasteiger partial charge < -0.3 is 10.3 Å². The van der Waals surface area contributed by atoms with Gasteiger partial charge in [-0.2, -0.15) is 19.1 Å². The Kier molecular flexibility index (Phi) is 5.31. The molecule has 0 aliphatic rings. The van der Waals surface area contributed by atoms with Gasteiger partial charge in [-0.1, -0.05) is 0 Å². The Balaban J connectivity index is 1.98. The predicted octanol–water partition coefficient (Wildman–Crippen LogP) is 2.91. The molecule has 30 heavy (non-hydrogen) atoms. The van der Waals surface area contributed by atoms with Crippen LogP contribution >= 0.6 is 0 Å². The van der Waals surface area contributed by atoms with Gasteiger partial charge >= 0.3 is 5.92 Å². The zero-order valence-electron chi connectivity index (χ0n) is 16.2. The van der Waals surface area contributed by atoms with Gasteiger partial charge in [-0.15, -0.1) is 5.10 Å². The number of nitrogens with zero attached hydrogens (tertiary/aromatic N) is 3. The second-order valence-electron chi connectivity index (χ2n) is 6.82. The van der Waals surface area contributed by atoms with Gasteiger partial charge in [0.05, 0.1) is 17.3 Å². The number of amides is 1. The molecule has 0 bridgehead atoms. The average Bonchev–Trinajstić information content (AvgIpc) is 2.68. The van der Waals surface area contributed by atoms with Crippen LogP contribution in [0.15, 0.2) is 29.1 Å². The van der Waals surface area contributed by atoms with E-state index >= 15 is 0 Å². The molecule has 0 radical (unpaired) electrons. The Morgan fingerprint density at radius 1 is 1.27 bits per heavy atom. The van der Waals surface area contributed by atoms with E-state index in [4.69, 9.17) is 5.26 Å². The van der Waals surface area contributed by atoms with Crippen LogP contribution in [-0.2, 0) is 10.7 Å². The molecule has 154 valence electrons. The number of benzene rings is 1. The summed E-state index contributed by atoms with van der Waals surface area (Å²) in [5.74, 6) is -6.58. The quantitative estimate of drug-likeness (QED) is 0.681. The van der Waals surface area contributed by atoms with Crippen molar-refractivity contribution in [1.29, 1.82) is 5.26 Å². The van der Waals surface area contributed by atoms with Crippen LogP contribution in [0.4, 0.5) is 13.2 Å². The number of aryl methyl sites for hydroxylation is 2. The number of rotatable bonds is 4. The fraction of sp³-hybridized carbons (Fsp3) is 0.250. The van der Waals surface area contributed by atoms with E-state index in [1.54, 1.807) is 13.0 Å². The molecular formula is C20H16F3N5O2. The molecule has 0 aliphatic carbocycles. The number of H-pyrrole nitrogens is 1. The summed E-state index contributed by atoms with van der Waals surface area (Å²) in [6, 6.07) is 5.60. The third-order valence-electron chi connectivity index (χ3n) is 4.73. The van der Waals surface area contributed by atoms with Crippen LogP contribution in [-0.4, -0.2) is 21.1 Å². The van der Waals surface area contributed by atoms with E-state index in [2.05, 4.69) is 20.5 Å². The minimum atomic E-state index is -4.19. The molecule has 10 heteroatoms. The van der Waals surface area contributed by atoms with Crippen molar-refractivity contribution in [1.82, 2.24) is 20.5 Å². The fourth-order valence-electron chi connectivity index (χ4n) is 3.25. The Morgan fingerprint density at radius 2 is 1.97 bits per heavy atom. The van der Waals surface area contributed by atoms with E-state index < -0.39 is 34.8 Å². The Morgan fingerprint density at radius 3 is 2.60 bits per heavy atom. The maximum absolute atomic E-state index is 15.0. The first kappa shape index (κ1) is 21.0. The summed E-state index contributed by atoms with van der Waals surface area (Å²) in [4.78, 5) is 27.0. The van der Waals surface area contributed by atoms with Crippen LogP contribution in [0.25, 0.3) is 10.9 Å². The van der Waals surface area contributed by atoms with E-state index in [0.29, 0.717) is 5.56 Å². The van der Waals surface area contributed by atoms with Crippen LogP contribution in [0.5, 0.6) is 0 Å². The SMILES string of the molecule is Cc1cc(C#N)nnc1[C@H](C)NC(=O)C(F)(F)c1c(C)c2cc(F)ccc2[nH]c1=O. The van der Waals surface area contributed by atoms with Crippen molar-refractivity contribution < 1.29 is 18.0 Å². The summed E-state index contributed by atoms with van der Waals surface area (Å²) in [7, 11) is 0. The number of nitrogens with one attached hydrogen (secondary N) is 2. The molecule has 7 nitrogen and oxygen atoms in total. The van der Waals surface area contributed by atoms with Crippen molar-refractivity contribution in [3.8, 4) is 6.07 Å². The molecule has 3 rings (SSSR count). The van der Waals surface area contributed by atoms with Gasteiger partial charge in [0.25, 0.3) is 11.5 Å². The first-order valence-corrected chi connectivity index (χ1v) is 8.82. The third kappa shape index (κ3) is 3.61. The van der Waals surface area contributed by atoms with Crippen molar-refractivity contribution >= 4 is 16.8 Å². The van der Waals surface area contributed by atoms with Crippen molar-refractivity contribution in [2.24, 2.45) is 0 Å². The molecule has 3 aromatic rings. The Labute approximate surface area is 168 Å². The smallest absolute Gasteiger partial charge is 0.342 e. The number of hydrogen-bond acceptors (Lipinski definition) is 5. The van der Waals surface area contributed by atoms with Crippen molar-refractivity contribution in [3.63, 3.8) is 0 Å². The van der Waals surface area contributed by atoms with Crippen molar-refractivity contribution in [2.45, 2.75) is 32.7 Å². The van der Waals surface area contributed by atoms with Gasteiger partial charge in [0.1, 0.15) is 11.9 Å². The average molecular weight is 415 g/mol. The largest absolute Gasteiger partial charge is 0.355 e. The normalized spacial score (nSPS) is 12.4. The summed E-state index contributed by atoms with van der Waals surface area (Å²) in [5, 5.41) is 18.5. The Bertz CT molecular complexity index is 1260. The number of hydrogen-bond donors (Lipinski definition) is 2. The number of carbonyl (C=O) groups is 1. The lowest BCUT2D eigenvalue weighted by atomic mass is 9.99. The summed E-state index contributed by atoms with van der Waals surface area (Å²) in [6.45, 7) is 4.25. The van der Waals surface area contributed by atoms with E-state index in [-0.39, 0.29) is 27.9 Å². The van der Waals surface area contributed by atoms with E-state index in [0.717, 1.165) is 12.1 Å². The van der Waals surface area contributed by atoms with Gasteiger partial charge in [-0.25, -0.2) is 4.39 Å². The van der Waals surface area contributed by atoms with Crippen LogP contribution in [0, 0.1) is 31.0 Å². The van der Waals surface area contributed by atoms with Gasteiger partial charge in [0.2, 0.25) is 0 Å². The molecule has 0 fully saturated rings. The van der Waals surface area contributed by atoms with E-state index in [1.807, 2.05) is 0 Å². The fourth-order valence-corrected chi connectivity index (χ4v) is 3.25. The second-order valence-corrected chi connectivity index (χ2v) is 6.82. The lowest BCUT2D eigenvalue weighted by Gasteiger charge is -2.21. The summed E-state index contributed by atoms with van der Waals surface area (Å²) in [6.07, 6.45) is 0. The number of pyridine rings is 1. The minimum Gasteiger partial charge on any atom is -0.342 e. The molecule has 0 unspecified atom stereocenters. The molecule has 2 aromatic heterocycles. The minimum absolute atomic E-state index is 0.0469. The zero-order chi connectivity index (χ0) is 22.2. The van der Waals surface area contributed by atoms with Gasteiger partial charge in [-0.3, -0.25) is 9.59 Å². The highest BCUT2D eigenvalue weighted by Gasteiger charge is 2.45.